The van der Waals surface area contributed by atoms with Crippen LogP contribution >= 0.6 is 23.2 Å². The van der Waals surface area contributed by atoms with Crippen molar-refractivity contribution >= 4 is 64.6 Å². The van der Waals surface area contributed by atoms with E-state index in [2.05, 4.69) is 49.5 Å². The minimum Gasteiger partial charge on any atom is -0.508 e. The van der Waals surface area contributed by atoms with Gasteiger partial charge >= 0.3 is 0 Å². The van der Waals surface area contributed by atoms with Crippen molar-refractivity contribution in [1.82, 2.24) is 42.5 Å². The van der Waals surface area contributed by atoms with Crippen molar-refractivity contribution in [1.29, 1.82) is 0 Å². The molecule has 8 aromatic rings. The number of amides is 7. The first-order valence-corrected chi connectivity index (χ1v) is 32.1. The van der Waals surface area contributed by atoms with E-state index in [1.54, 1.807) is 0 Å². The minimum atomic E-state index is -2.27. The van der Waals surface area contributed by atoms with Gasteiger partial charge in [0.25, 0.3) is 0 Å². The van der Waals surface area contributed by atoms with Gasteiger partial charge in [-0.25, -0.2) is 0 Å². The van der Waals surface area contributed by atoms with Crippen LogP contribution in [0.1, 0.15) is 118 Å². The summed E-state index contributed by atoms with van der Waals surface area (Å²) in [5.74, 6) is -15.1. The number of nitrogens with two attached hydrogens (primary N) is 1. The summed E-state index contributed by atoms with van der Waals surface area (Å²) in [6.07, 6.45) is -1.31. The van der Waals surface area contributed by atoms with Crippen LogP contribution < -0.4 is 62.5 Å². The summed E-state index contributed by atoms with van der Waals surface area (Å²) < 4.78 is 18.6. The Bertz CT molecular complexity index is 4660. The van der Waals surface area contributed by atoms with E-state index >= 15 is 24.0 Å². The minimum absolute atomic E-state index is 0.0356. The highest BCUT2D eigenvalue weighted by Crippen LogP contribution is 2.51. The number of likely N-dealkylation sites (N-methyl/N-ethyl adjacent to an activating group) is 1. The molecule has 6 aliphatic rings. The van der Waals surface area contributed by atoms with Crippen LogP contribution in [0.3, 0.4) is 0 Å². The summed E-state index contributed by atoms with van der Waals surface area (Å²) in [4.78, 5) is 107. The van der Waals surface area contributed by atoms with Gasteiger partial charge in [0.15, 0.2) is 23.0 Å². The average Bonchev–Trinajstić information content (AvgIpc) is 1.13. The van der Waals surface area contributed by atoms with Crippen LogP contribution in [0.2, 0.25) is 10.0 Å². The van der Waals surface area contributed by atoms with E-state index < -0.39 is 164 Å². The van der Waals surface area contributed by atoms with Gasteiger partial charge in [-0.15, -0.1) is 0 Å². The Balaban J connectivity index is 1.07. The summed E-state index contributed by atoms with van der Waals surface area (Å²) in [7, 11) is 1.22. The summed E-state index contributed by atoms with van der Waals surface area (Å²) in [6, 6.07) is 14.1. The third-order valence-electron chi connectivity index (χ3n) is 17.6. The SMILES string of the molecule is CCCCc1ccc(CNCc2c(O)cc3c(c2O)-c2c(O)cccc2C2NC(=O)C4NC(=O)C5NC(=O)C(NC(=O)C(N)c6ccc(O)c(c6)Oc6cc(O)cc5c6)C(O)c5ccc(c(Cl)c5)Oc5cc4cc(c5O)Oc4ccc(cc4Cl)C(O)C(NC2=O)C(=O)NC3C(=O)NC)cc1. The number of carbonyl (C=O) groups excluding carboxylic acids is 7. The predicted molar refractivity (Wildman–Crippen MR) is 358 cm³/mol. The molecule has 100 heavy (non-hydrogen) atoms. The highest BCUT2D eigenvalue weighted by atomic mass is 35.5. The number of halogens is 2. The van der Waals surface area contributed by atoms with E-state index in [1.165, 1.54) is 55.6 Å². The molecule has 6 aliphatic heterocycles. The number of rotatable bonds is 8. The standard InChI is InChI=1S/C71H65Cl2N9O18/c1-3-4-6-30-9-11-31(12-10-30)28-76-29-41-46(86)27-40-53(63(41)89)52-39(7-5-8-45(52)85)57-69(95)82-60(71(97)80-58(40)66(92)75-2)62(88)34-15-18-48(43(73)22-34)100-51-25-36-24-50(64(51)90)99-47-17-14-33(21-42(47)72)61(87)59-70(96)78-55(67(93)77-56(36)68(94)79-57)35-19-37(83)26-38(20-35)98-49-23-32(13-16-44(49)84)54(74)65(91)81-59/h5,7-27,54-62,76,83-90H,3-4,6,28-29,74H2,1-2H3,(H,75,92)(H,77,93)(H,78,96)(H,79,94)(H,80,97)(H,81,91)(H,82,95). The zero-order chi connectivity index (χ0) is 71.1. The molecule has 14 rings (SSSR count). The fourth-order valence-electron chi connectivity index (χ4n) is 12.3. The van der Waals surface area contributed by atoms with E-state index in [9.17, 15) is 50.4 Å². The molecule has 0 aliphatic carbocycles. The molecule has 6 heterocycles. The van der Waals surface area contributed by atoms with Crippen molar-refractivity contribution < 1.29 is 88.6 Å². The van der Waals surface area contributed by atoms with Crippen molar-refractivity contribution in [2.24, 2.45) is 5.73 Å². The number of aliphatic hydroxyl groups is 2. The molecule has 9 atom stereocenters. The first-order valence-electron chi connectivity index (χ1n) is 31.4. The van der Waals surface area contributed by atoms with E-state index in [0.717, 1.165) is 91.1 Å². The van der Waals surface area contributed by atoms with Gasteiger partial charge in [-0.2, -0.15) is 0 Å². The Kier molecular flexibility index (Phi) is 19.4. The molecule has 18 N–H and O–H groups in total. The highest BCUT2D eigenvalue weighted by Gasteiger charge is 2.43. The number of carbonyl (C=O) groups is 7. The molecule has 0 radical (unpaired) electrons. The second-order valence-corrected chi connectivity index (χ2v) is 25.0. The normalized spacial score (nSPS) is 21.2. The van der Waals surface area contributed by atoms with Crippen LogP contribution in [0, 0.1) is 0 Å². The lowest BCUT2D eigenvalue weighted by Gasteiger charge is -2.31. The molecule has 0 fully saturated rings. The molecule has 0 aromatic heterocycles. The first kappa shape index (κ1) is 68.6. The summed E-state index contributed by atoms with van der Waals surface area (Å²) in [5.41, 5.74) is 5.46. The van der Waals surface area contributed by atoms with Gasteiger partial charge in [0.2, 0.25) is 47.1 Å². The van der Waals surface area contributed by atoms with Gasteiger partial charge < -0.3 is 103 Å². The summed E-state index contributed by atoms with van der Waals surface area (Å²) in [5, 5.41) is 117. The van der Waals surface area contributed by atoms with Gasteiger partial charge in [0.1, 0.15) is 94.7 Å². The van der Waals surface area contributed by atoms with Gasteiger partial charge in [-0.05, 0) is 136 Å². The number of aryl methyl sites for hydroxylation is 1. The van der Waals surface area contributed by atoms with Gasteiger partial charge in [-0.3, -0.25) is 33.6 Å². The van der Waals surface area contributed by atoms with Crippen molar-refractivity contribution in [3.05, 3.63) is 199 Å². The lowest BCUT2D eigenvalue weighted by molar-refractivity contribution is -0.137. The number of benzene rings is 8. The molecule has 516 valence electrons. The van der Waals surface area contributed by atoms with Crippen molar-refractivity contribution in [3.8, 4) is 80.1 Å². The number of ether oxygens (including phenoxy) is 3. The van der Waals surface area contributed by atoms with Crippen LogP contribution in [0.25, 0.3) is 11.1 Å². The fraction of sp³-hybridized carbons (Fsp3) is 0.225. The molecular weight excluding hydrogens is 1340 g/mol. The number of aliphatic hydroxyl groups excluding tert-OH is 2. The summed E-state index contributed by atoms with van der Waals surface area (Å²) >= 11 is 13.8. The zero-order valence-electron chi connectivity index (χ0n) is 52.9. The lowest BCUT2D eigenvalue weighted by atomic mass is 9.85. The maximum absolute atomic E-state index is 16.2. The molecule has 0 saturated carbocycles. The Morgan fingerprint density at radius 2 is 1.06 bits per heavy atom. The van der Waals surface area contributed by atoms with Gasteiger partial charge in [-0.1, -0.05) is 91.1 Å². The van der Waals surface area contributed by atoms with Crippen LogP contribution in [-0.2, 0) is 53.1 Å². The van der Waals surface area contributed by atoms with Crippen molar-refractivity contribution in [2.45, 2.75) is 93.8 Å². The maximum Gasteiger partial charge on any atom is 0.248 e. The number of hydrogen-bond acceptors (Lipinski definition) is 20. The molecule has 0 spiro atoms. The third kappa shape index (κ3) is 13.7. The molecule has 0 saturated heterocycles. The largest absolute Gasteiger partial charge is 0.508 e. The second-order valence-electron chi connectivity index (χ2n) is 24.2. The molecule has 8 aromatic carbocycles. The van der Waals surface area contributed by atoms with Crippen LogP contribution in [0.4, 0.5) is 0 Å². The third-order valence-corrected chi connectivity index (χ3v) is 18.2. The Morgan fingerprint density at radius 3 is 1.68 bits per heavy atom. The first-order chi connectivity index (χ1) is 47.9. The number of phenolic OH excluding ortho intramolecular Hbond substituents is 6. The molecule has 27 nitrogen and oxygen atoms in total. The van der Waals surface area contributed by atoms with E-state index in [1.807, 2.05) is 24.3 Å². The number of aromatic hydroxyl groups is 6. The number of fused-ring (bicyclic) bond motifs is 13. The Morgan fingerprint density at radius 1 is 0.500 bits per heavy atom. The van der Waals surface area contributed by atoms with E-state index in [0.29, 0.717) is 0 Å². The lowest BCUT2D eigenvalue weighted by Crippen LogP contribution is -2.55. The number of unbranched alkanes of at least 4 members (excludes halogenated alkanes) is 1. The molecular formula is C71H65Cl2N9O18. The van der Waals surface area contributed by atoms with Crippen LogP contribution in [0.15, 0.2) is 133 Å². The fourth-order valence-corrected chi connectivity index (χ4v) is 12.8. The molecule has 7 amide bonds. The smallest absolute Gasteiger partial charge is 0.248 e. The number of nitrogens with one attached hydrogen (secondary N) is 8. The molecule has 15 bridgehead atoms. The Labute approximate surface area is 578 Å². The van der Waals surface area contributed by atoms with Crippen molar-refractivity contribution in [2.75, 3.05) is 7.05 Å². The molecule has 29 heteroatoms. The number of phenols is 6. The van der Waals surface area contributed by atoms with Crippen LogP contribution in [0.5, 0.6) is 69.0 Å². The average molecular weight is 1400 g/mol. The quantitative estimate of drug-likeness (QED) is 0.0746. The second kappa shape index (κ2) is 28.3. The van der Waals surface area contributed by atoms with E-state index in [4.69, 9.17) is 43.1 Å². The Hall–Kier alpha value is -11.3. The topological polar surface area (TPSA) is 431 Å². The van der Waals surface area contributed by atoms with Gasteiger partial charge in [0, 0.05) is 37.3 Å². The number of hydrogen-bond donors (Lipinski definition) is 17. The maximum atomic E-state index is 16.2. The highest BCUT2D eigenvalue weighted by molar-refractivity contribution is 6.32. The monoisotopic (exact) mass is 1400 g/mol. The molecule has 9 unspecified atom stereocenters. The van der Waals surface area contributed by atoms with E-state index in [-0.39, 0.29) is 79.5 Å². The zero-order valence-corrected chi connectivity index (χ0v) is 54.4. The summed E-state index contributed by atoms with van der Waals surface area (Å²) in [6.45, 7) is 2.00. The van der Waals surface area contributed by atoms with Gasteiger partial charge in [0.05, 0.1) is 15.6 Å². The predicted octanol–water partition coefficient (Wildman–Crippen LogP) is 6.77. The van der Waals surface area contributed by atoms with Crippen molar-refractivity contribution in [3.63, 3.8) is 0 Å². The van der Waals surface area contributed by atoms with Crippen LogP contribution in [-0.4, -0.2) is 101 Å².